The molecular formula is C18H28O3. The van der Waals surface area contributed by atoms with Crippen molar-refractivity contribution < 1.29 is 14.3 Å². The van der Waals surface area contributed by atoms with E-state index in [9.17, 15) is 4.79 Å². The quantitative estimate of drug-likeness (QED) is 0.669. The first-order valence-corrected chi connectivity index (χ1v) is 7.56. The minimum atomic E-state index is -0.280. The third-order valence-electron chi connectivity index (χ3n) is 3.55. The van der Waals surface area contributed by atoms with Gasteiger partial charge in [0.05, 0.1) is 25.4 Å². The summed E-state index contributed by atoms with van der Waals surface area (Å²) in [5.41, 5.74) is 0.590. The van der Waals surface area contributed by atoms with Crippen LogP contribution in [0.1, 0.15) is 51.4 Å². The molecule has 0 spiro atoms. The Morgan fingerprint density at radius 2 is 1.52 bits per heavy atom. The van der Waals surface area contributed by atoms with Crippen molar-refractivity contribution in [2.24, 2.45) is 10.8 Å². The van der Waals surface area contributed by atoms with E-state index in [2.05, 4.69) is 20.8 Å². The van der Waals surface area contributed by atoms with Gasteiger partial charge in [-0.2, -0.15) is 0 Å². The van der Waals surface area contributed by atoms with E-state index in [0.717, 1.165) is 13.0 Å². The molecule has 0 fully saturated rings. The summed E-state index contributed by atoms with van der Waals surface area (Å²) in [4.78, 5) is 11.9. The molecule has 0 unspecified atom stereocenters. The monoisotopic (exact) mass is 292 g/mol. The second-order valence-corrected chi connectivity index (χ2v) is 7.12. The fourth-order valence-corrected chi connectivity index (χ4v) is 1.67. The lowest BCUT2D eigenvalue weighted by atomic mass is 9.91. The van der Waals surface area contributed by atoms with Gasteiger partial charge in [0.15, 0.2) is 0 Å². The van der Waals surface area contributed by atoms with Crippen LogP contribution in [0, 0.1) is 10.8 Å². The first kappa shape index (κ1) is 17.7. The maximum absolute atomic E-state index is 11.9. The highest BCUT2D eigenvalue weighted by Gasteiger charge is 2.23. The topological polar surface area (TPSA) is 35.5 Å². The van der Waals surface area contributed by atoms with Crippen LogP contribution >= 0.6 is 0 Å². The summed E-state index contributed by atoms with van der Waals surface area (Å²) in [6, 6.07) is 9.06. The van der Waals surface area contributed by atoms with E-state index in [1.807, 2.05) is 32.0 Å². The van der Waals surface area contributed by atoms with Crippen LogP contribution in [0.5, 0.6) is 0 Å². The lowest BCUT2D eigenvalue weighted by Crippen LogP contribution is -2.29. The minimum absolute atomic E-state index is 0.186. The molecule has 1 rings (SSSR count). The predicted octanol–water partition coefficient (Wildman–Crippen LogP) is 4.32. The fraction of sp³-hybridized carbons (Fsp3) is 0.611. The molecule has 1 aromatic rings. The molecule has 0 aliphatic heterocycles. The summed E-state index contributed by atoms with van der Waals surface area (Å²) < 4.78 is 11.2. The zero-order chi connectivity index (χ0) is 15.9. The van der Waals surface area contributed by atoms with Gasteiger partial charge in [0.25, 0.3) is 0 Å². The van der Waals surface area contributed by atoms with Crippen molar-refractivity contribution in [3.63, 3.8) is 0 Å². The normalized spacial score (nSPS) is 12.2. The molecule has 3 heteroatoms. The number of carbonyl (C=O) groups excluding carboxylic acids is 1. The van der Waals surface area contributed by atoms with Crippen molar-refractivity contribution in [1.82, 2.24) is 0 Å². The van der Waals surface area contributed by atoms with Gasteiger partial charge in [0.1, 0.15) is 0 Å². The smallest absolute Gasteiger partial charge is 0.338 e. The summed E-state index contributed by atoms with van der Waals surface area (Å²) in [7, 11) is 0. The average molecular weight is 292 g/mol. The van der Waals surface area contributed by atoms with Gasteiger partial charge in [-0.15, -0.1) is 0 Å². The maximum atomic E-state index is 11.9. The molecule has 0 heterocycles. The highest BCUT2D eigenvalue weighted by atomic mass is 16.5. The molecule has 0 aliphatic carbocycles. The van der Waals surface area contributed by atoms with Crippen molar-refractivity contribution in [3.05, 3.63) is 35.9 Å². The number of hydrogen-bond acceptors (Lipinski definition) is 3. The van der Waals surface area contributed by atoms with Crippen LogP contribution in [0.15, 0.2) is 30.3 Å². The largest absolute Gasteiger partial charge is 0.461 e. The van der Waals surface area contributed by atoms with E-state index in [1.165, 1.54) is 0 Å². The van der Waals surface area contributed by atoms with Crippen LogP contribution in [0.2, 0.25) is 0 Å². The van der Waals surface area contributed by atoms with Crippen molar-refractivity contribution in [2.45, 2.75) is 41.0 Å². The number of hydrogen-bond donors (Lipinski definition) is 0. The number of esters is 1. The Bertz CT molecular complexity index is 435. The maximum Gasteiger partial charge on any atom is 0.338 e. The summed E-state index contributed by atoms with van der Waals surface area (Å²) in [5, 5.41) is 0. The van der Waals surface area contributed by atoms with E-state index >= 15 is 0 Å². The molecule has 0 N–H and O–H groups in total. The van der Waals surface area contributed by atoms with Crippen LogP contribution in [-0.4, -0.2) is 25.8 Å². The Hall–Kier alpha value is -1.35. The first-order valence-electron chi connectivity index (χ1n) is 7.56. The molecule has 3 nitrogen and oxygen atoms in total. The summed E-state index contributed by atoms with van der Waals surface area (Å²) in [6.45, 7) is 12.3. The van der Waals surface area contributed by atoms with Crippen molar-refractivity contribution in [3.8, 4) is 0 Å². The van der Waals surface area contributed by atoms with Gasteiger partial charge in [0, 0.05) is 5.41 Å². The molecule has 0 bridgehead atoms. The van der Waals surface area contributed by atoms with Crippen molar-refractivity contribution in [2.75, 3.05) is 19.8 Å². The average Bonchev–Trinajstić information content (AvgIpc) is 2.45. The van der Waals surface area contributed by atoms with E-state index < -0.39 is 0 Å². The molecule has 0 saturated carbocycles. The lowest BCUT2D eigenvalue weighted by molar-refractivity contribution is -0.0180. The zero-order valence-electron chi connectivity index (χ0n) is 13.9. The zero-order valence-corrected chi connectivity index (χ0v) is 13.9. The minimum Gasteiger partial charge on any atom is -0.461 e. The number of rotatable bonds is 8. The molecule has 0 aliphatic rings. The Balaban J connectivity index is 2.37. The second kappa shape index (κ2) is 7.60. The number of carbonyl (C=O) groups is 1. The van der Waals surface area contributed by atoms with E-state index in [-0.39, 0.29) is 16.8 Å². The molecule has 21 heavy (non-hydrogen) atoms. The molecule has 0 saturated heterocycles. The Kier molecular flexibility index (Phi) is 6.41. The van der Waals surface area contributed by atoms with Gasteiger partial charge < -0.3 is 9.47 Å². The molecule has 1 aromatic carbocycles. The molecule has 0 atom stereocenters. The second-order valence-electron chi connectivity index (χ2n) is 7.12. The third-order valence-corrected chi connectivity index (χ3v) is 3.55. The van der Waals surface area contributed by atoms with Crippen LogP contribution in [0.3, 0.4) is 0 Å². The van der Waals surface area contributed by atoms with Crippen LogP contribution in [-0.2, 0) is 9.47 Å². The van der Waals surface area contributed by atoms with Crippen LogP contribution < -0.4 is 0 Å². The summed E-state index contributed by atoms with van der Waals surface area (Å²) in [6.07, 6.45) is 1.08. The van der Waals surface area contributed by atoms with E-state index in [0.29, 0.717) is 18.8 Å². The van der Waals surface area contributed by atoms with Crippen molar-refractivity contribution in [1.29, 1.82) is 0 Å². The molecule has 0 radical (unpaired) electrons. The SMILES string of the molecule is CCC(C)(C)COCC(C)(C)COC(=O)c1ccccc1. The highest BCUT2D eigenvalue weighted by Crippen LogP contribution is 2.23. The standard InChI is InChI=1S/C18H28O3/c1-6-17(2,3)12-20-13-18(4,5)14-21-16(19)15-10-8-7-9-11-15/h7-11H,6,12-14H2,1-5H3. The molecule has 118 valence electrons. The molecule has 0 aromatic heterocycles. The summed E-state index contributed by atoms with van der Waals surface area (Å²) in [5.74, 6) is -0.280. The van der Waals surface area contributed by atoms with Gasteiger partial charge in [-0.05, 0) is 24.0 Å². The lowest BCUT2D eigenvalue weighted by Gasteiger charge is -2.28. The Morgan fingerprint density at radius 3 is 2.10 bits per heavy atom. The highest BCUT2D eigenvalue weighted by molar-refractivity contribution is 5.89. The summed E-state index contributed by atoms with van der Waals surface area (Å²) >= 11 is 0. The number of benzene rings is 1. The Labute approximate surface area is 128 Å². The third kappa shape index (κ3) is 6.76. The van der Waals surface area contributed by atoms with Crippen molar-refractivity contribution >= 4 is 5.97 Å². The van der Waals surface area contributed by atoms with Crippen LogP contribution in [0.25, 0.3) is 0 Å². The van der Waals surface area contributed by atoms with Gasteiger partial charge in [0.2, 0.25) is 0 Å². The van der Waals surface area contributed by atoms with E-state index in [1.54, 1.807) is 12.1 Å². The van der Waals surface area contributed by atoms with Gasteiger partial charge >= 0.3 is 5.97 Å². The molecular weight excluding hydrogens is 264 g/mol. The van der Waals surface area contributed by atoms with E-state index in [4.69, 9.17) is 9.47 Å². The Morgan fingerprint density at radius 1 is 0.952 bits per heavy atom. The fourth-order valence-electron chi connectivity index (χ4n) is 1.67. The number of ether oxygens (including phenoxy) is 2. The first-order chi connectivity index (χ1) is 9.76. The van der Waals surface area contributed by atoms with Gasteiger partial charge in [-0.3, -0.25) is 0 Å². The predicted molar refractivity (Wildman–Crippen MR) is 85.4 cm³/mol. The van der Waals surface area contributed by atoms with Gasteiger partial charge in [-0.25, -0.2) is 4.79 Å². The van der Waals surface area contributed by atoms with Crippen LogP contribution in [0.4, 0.5) is 0 Å². The van der Waals surface area contributed by atoms with Gasteiger partial charge in [-0.1, -0.05) is 52.8 Å². The molecule has 0 amide bonds.